The maximum absolute atomic E-state index is 12.1. The second-order valence-electron chi connectivity index (χ2n) is 14.7. The van der Waals surface area contributed by atoms with E-state index in [4.69, 9.17) is 0 Å². The van der Waals surface area contributed by atoms with Crippen molar-refractivity contribution in [2.24, 2.45) is 28.7 Å². The Labute approximate surface area is 322 Å². The molecule has 4 aliphatic heterocycles. The normalized spacial score (nSPS) is 31.3. The lowest BCUT2D eigenvalue weighted by atomic mass is 9.86. The van der Waals surface area contributed by atoms with Gasteiger partial charge in [-0.15, -0.1) is 23.5 Å². The Balaban J connectivity index is 0.000000290. The number of carboxylic acids is 4. The molecule has 304 valence electrons. The lowest BCUT2D eigenvalue weighted by Crippen LogP contribution is -2.45. The van der Waals surface area contributed by atoms with Crippen molar-refractivity contribution >= 4 is 64.9 Å². The van der Waals surface area contributed by atoms with E-state index in [-0.39, 0.29) is 57.6 Å². The number of thioether (sulfide) groups is 2. The molecule has 0 aromatic heterocycles. The fourth-order valence-electron chi connectivity index (χ4n) is 7.32. The highest BCUT2D eigenvalue weighted by Crippen LogP contribution is 2.42. The van der Waals surface area contributed by atoms with Crippen LogP contribution in [-0.2, 0) is 28.8 Å². The molecule has 0 radical (unpaired) electrons. The van der Waals surface area contributed by atoms with Crippen LogP contribution in [0.1, 0.15) is 40.5 Å². The number of nitrogens with zero attached hydrogens (tertiary/aromatic N) is 3. The number of aliphatic hydroxyl groups is 2. The molecule has 0 aromatic carbocycles. The molecule has 4 aliphatic rings. The second-order valence-corrected chi connectivity index (χ2v) is 17.4. The van der Waals surface area contributed by atoms with Crippen LogP contribution in [0.15, 0.2) is 15.6 Å². The molecule has 4 rings (SSSR count). The Bertz CT molecular complexity index is 1510. The quantitative estimate of drug-likeness (QED) is 0.102. The van der Waals surface area contributed by atoms with Crippen molar-refractivity contribution in [1.82, 2.24) is 25.8 Å². The van der Waals surface area contributed by atoms with Gasteiger partial charge >= 0.3 is 23.9 Å². The molecule has 20 heteroatoms. The molecular weight excluding hydrogens is 749 g/mol. The Hall–Kier alpha value is -3.43. The number of likely N-dealkylation sites (N-methyl/N-ethyl adjacent to an activating group) is 2. The summed E-state index contributed by atoms with van der Waals surface area (Å²) in [7, 11) is 6.74. The van der Waals surface area contributed by atoms with Crippen LogP contribution in [0.5, 0.6) is 0 Å². The van der Waals surface area contributed by atoms with Crippen molar-refractivity contribution in [3.63, 3.8) is 0 Å². The van der Waals surface area contributed by atoms with Crippen LogP contribution in [0, 0.1) is 23.7 Å². The molecule has 0 saturated carbocycles. The highest BCUT2D eigenvalue weighted by molar-refractivity contribution is 8.03. The van der Waals surface area contributed by atoms with Gasteiger partial charge in [-0.3, -0.25) is 24.2 Å². The zero-order valence-corrected chi connectivity index (χ0v) is 33.3. The van der Waals surface area contributed by atoms with Crippen LogP contribution in [-0.4, -0.2) is 175 Å². The first-order valence-corrected chi connectivity index (χ1v) is 19.5. The van der Waals surface area contributed by atoms with E-state index < -0.39 is 65.3 Å². The minimum atomic E-state index is -1.19. The Morgan fingerprint density at radius 2 is 1.24 bits per heavy atom. The molecule has 4 heterocycles. The number of hydrogen-bond acceptors (Lipinski definition) is 14. The third kappa shape index (κ3) is 10.4. The van der Waals surface area contributed by atoms with Crippen molar-refractivity contribution in [2.45, 2.75) is 92.7 Å². The van der Waals surface area contributed by atoms with Crippen LogP contribution >= 0.6 is 23.5 Å². The SMILES string of the molecule is C[C@@H]1C([C@H](C(=O)O)[C@@H](C)O)N=C(C(=O)O)[C@H]1S[C@@H]1CN[C@H](C(=O)N(C)C)C1.C[C@H]1C(S[C@@H]2CN[C@H](C(=O)N(C)C)C2)=C(C(=O)O)NC1[C@H](C(=O)O)[C@@H](C)O. The lowest BCUT2D eigenvalue weighted by molar-refractivity contribution is -0.148. The van der Waals surface area contributed by atoms with Crippen molar-refractivity contribution in [1.29, 1.82) is 0 Å². The van der Waals surface area contributed by atoms with E-state index >= 15 is 0 Å². The molecule has 2 saturated heterocycles. The van der Waals surface area contributed by atoms with Gasteiger partial charge in [-0.05, 0) is 32.6 Å². The van der Waals surface area contributed by atoms with E-state index in [1.165, 1.54) is 47.2 Å². The predicted molar refractivity (Wildman–Crippen MR) is 201 cm³/mol. The number of carboxylic acid groups (broad SMARTS) is 4. The molecule has 0 bridgehead atoms. The number of carbonyl (C=O) groups is 6. The summed E-state index contributed by atoms with van der Waals surface area (Å²) in [5, 5.41) is 66.3. The van der Waals surface area contributed by atoms with E-state index in [1.54, 1.807) is 42.0 Å². The van der Waals surface area contributed by atoms with Gasteiger partial charge in [-0.1, -0.05) is 13.8 Å². The van der Waals surface area contributed by atoms with Gasteiger partial charge < -0.3 is 56.4 Å². The Morgan fingerprint density at radius 3 is 1.67 bits per heavy atom. The van der Waals surface area contributed by atoms with E-state index in [9.17, 15) is 59.4 Å². The number of nitrogens with one attached hydrogen (secondary N) is 3. The van der Waals surface area contributed by atoms with Crippen LogP contribution in [0.25, 0.3) is 0 Å². The number of aliphatic imine (C=N–C) groups is 1. The maximum Gasteiger partial charge on any atom is 0.352 e. The third-order valence-electron chi connectivity index (χ3n) is 10.2. The van der Waals surface area contributed by atoms with Crippen molar-refractivity contribution in [3.8, 4) is 0 Å². The van der Waals surface area contributed by atoms with Gasteiger partial charge in [0, 0.05) is 68.6 Å². The lowest BCUT2D eigenvalue weighted by Gasteiger charge is -2.27. The topological polar surface area (TPSA) is 279 Å². The van der Waals surface area contributed by atoms with E-state index in [0.717, 1.165) is 0 Å². The molecule has 2 unspecified atom stereocenters. The second kappa shape index (κ2) is 18.9. The van der Waals surface area contributed by atoms with Gasteiger partial charge in [0.05, 0.1) is 35.6 Å². The minimum Gasteiger partial charge on any atom is -0.481 e. The summed E-state index contributed by atoms with van der Waals surface area (Å²) < 4.78 is 0. The zero-order valence-electron chi connectivity index (χ0n) is 31.6. The monoisotopic (exact) mass is 802 g/mol. The summed E-state index contributed by atoms with van der Waals surface area (Å²) in [6, 6.07) is -2.14. The highest BCUT2D eigenvalue weighted by Gasteiger charge is 2.48. The molecule has 9 N–H and O–H groups in total. The fraction of sp³-hybridized carbons (Fsp3) is 0.735. The summed E-state index contributed by atoms with van der Waals surface area (Å²) in [5.41, 5.74) is -0.0847. The first-order chi connectivity index (χ1) is 25.1. The number of aliphatic carboxylic acids is 4. The van der Waals surface area contributed by atoms with E-state index in [1.807, 2.05) is 0 Å². The number of aliphatic hydroxyl groups excluding tert-OH is 2. The van der Waals surface area contributed by atoms with Gasteiger partial charge in [0.15, 0.2) is 0 Å². The first kappa shape index (κ1) is 45.0. The number of rotatable bonds is 14. The molecule has 2 fully saturated rings. The molecule has 0 aromatic rings. The molecule has 0 aliphatic carbocycles. The number of amides is 2. The smallest absolute Gasteiger partial charge is 0.352 e. The van der Waals surface area contributed by atoms with Crippen LogP contribution < -0.4 is 16.0 Å². The molecule has 54 heavy (non-hydrogen) atoms. The fourth-order valence-corrected chi connectivity index (χ4v) is 10.4. The van der Waals surface area contributed by atoms with Crippen molar-refractivity contribution in [2.75, 3.05) is 41.3 Å². The van der Waals surface area contributed by atoms with Gasteiger partial charge in [0.1, 0.15) is 23.2 Å². The third-order valence-corrected chi connectivity index (χ3v) is 13.4. The Morgan fingerprint density at radius 1 is 0.759 bits per heavy atom. The summed E-state index contributed by atoms with van der Waals surface area (Å²) in [4.78, 5) is 78.4. The molecule has 18 nitrogen and oxygen atoms in total. The molecule has 13 atom stereocenters. The predicted octanol–water partition coefficient (Wildman–Crippen LogP) is -0.944. The van der Waals surface area contributed by atoms with Crippen LogP contribution in [0.4, 0.5) is 0 Å². The standard InChI is InChI=1S/2C17H27N3O6S/c2*1-7-12(11(8(2)21)16(23)24)19-13(17(25)26)14(7)27-9-5-10(18-6-9)15(22)20(3)4/h7-12,18-19,21H,5-6H2,1-4H3,(H,23,24)(H,25,26);7-12,14,18,21H,5-6H2,1-4H3,(H,23,24)(H,25,26)/t7-,8-,9+,10+,11-,12?;7-,8-,9+,10+,11-,12?,14+/m11/s1. The number of hydrogen-bond donors (Lipinski definition) is 9. The van der Waals surface area contributed by atoms with Gasteiger partial charge in [-0.2, -0.15) is 0 Å². The van der Waals surface area contributed by atoms with Gasteiger partial charge in [-0.25, -0.2) is 9.59 Å². The molecular formula is C34H54N6O12S2. The largest absolute Gasteiger partial charge is 0.481 e. The summed E-state index contributed by atoms with van der Waals surface area (Å²) in [6.45, 7) is 7.41. The van der Waals surface area contributed by atoms with Crippen LogP contribution in [0.2, 0.25) is 0 Å². The summed E-state index contributed by atoms with van der Waals surface area (Å²) in [5.74, 6) is -7.80. The summed E-state index contributed by atoms with van der Waals surface area (Å²) in [6.07, 6.45) is -1.14. The van der Waals surface area contributed by atoms with E-state index in [2.05, 4.69) is 20.9 Å². The Kier molecular flexibility index (Phi) is 15.8. The number of carbonyl (C=O) groups excluding carboxylic acids is 2. The maximum atomic E-state index is 12.1. The van der Waals surface area contributed by atoms with Crippen molar-refractivity contribution in [3.05, 3.63) is 10.6 Å². The van der Waals surface area contributed by atoms with E-state index in [0.29, 0.717) is 30.8 Å². The highest BCUT2D eigenvalue weighted by atomic mass is 32.2. The van der Waals surface area contributed by atoms with Gasteiger partial charge in [0.2, 0.25) is 11.8 Å². The van der Waals surface area contributed by atoms with Crippen LogP contribution in [0.3, 0.4) is 0 Å². The zero-order chi connectivity index (χ0) is 40.9. The minimum absolute atomic E-state index is 0.000998. The first-order valence-electron chi connectivity index (χ1n) is 17.7. The van der Waals surface area contributed by atoms with Gasteiger partial charge in [0.25, 0.3) is 0 Å². The summed E-state index contributed by atoms with van der Waals surface area (Å²) >= 11 is 2.78. The molecule has 0 spiro atoms. The molecule has 2 amide bonds. The average molecular weight is 803 g/mol. The van der Waals surface area contributed by atoms with Crippen molar-refractivity contribution < 1.29 is 59.4 Å². The average Bonchev–Trinajstić information content (AvgIpc) is 3.85.